The number of phosphoric acid groups is 3. The Morgan fingerprint density at radius 2 is 1.91 bits per heavy atom. The summed E-state index contributed by atoms with van der Waals surface area (Å²) < 4.78 is 52.9. The van der Waals surface area contributed by atoms with E-state index in [1.165, 1.54) is 25.3 Å². The van der Waals surface area contributed by atoms with Crippen molar-refractivity contribution in [1.82, 2.24) is 9.55 Å². The molecule has 1 aromatic rings. The van der Waals surface area contributed by atoms with Gasteiger partial charge in [0.2, 0.25) is 0 Å². The Bertz CT molecular complexity index is 1060. The van der Waals surface area contributed by atoms with Gasteiger partial charge in [-0.25, -0.2) is 18.5 Å². The maximum Gasteiger partial charge on any atom is 0.490 e. The summed E-state index contributed by atoms with van der Waals surface area (Å²) in [5.41, 5.74) is 2.90. The molecule has 1 aliphatic heterocycles. The molecule has 19 heteroatoms. The number of hydrogen-bond acceptors (Lipinski definition) is 11. The minimum absolute atomic E-state index is 0.0536. The molecular weight excluding hydrogens is 499 g/mol. The lowest BCUT2D eigenvalue weighted by Crippen LogP contribution is -2.44. The maximum absolute atomic E-state index is 12.2. The van der Waals surface area contributed by atoms with E-state index in [0.29, 0.717) is 0 Å². The van der Waals surface area contributed by atoms with Crippen LogP contribution in [0.1, 0.15) is 19.6 Å². The van der Waals surface area contributed by atoms with E-state index in [0.717, 1.165) is 4.57 Å². The number of aliphatic hydroxyl groups is 1. The minimum Gasteiger partial charge on any atom is -0.389 e. The van der Waals surface area contributed by atoms with E-state index in [-0.39, 0.29) is 12.2 Å². The van der Waals surface area contributed by atoms with Gasteiger partial charge in [-0.2, -0.15) is 13.6 Å². The van der Waals surface area contributed by atoms with Gasteiger partial charge in [-0.3, -0.25) is 9.09 Å². The molecule has 2 unspecified atom stereocenters. The number of aliphatic hydroxyl groups excluding tert-OH is 1. The molecule has 1 saturated heterocycles. The average molecular weight is 521 g/mol. The quantitative estimate of drug-likeness (QED) is 0.175. The zero-order valence-electron chi connectivity index (χ0n) is 16.4. The van der Waals surface area contributed by atoms with Crippen LogP contribution >= 0.6 is 23.5 Å². The second kappa shape index (κ2) is 9.55. The molecule has 0 amide bonds. The first-order chi connectivity index (χ1) is 14.5. The monoisotopic (exact) mass is 521 g/mol. The highest BCUT2D eigenvalue weighted by atomic mass is 31.3. The van der Waals surface area contributed by atoms with Gasteiger partial charge in [0, 0.05) is 6.20 Å². The van der Waals surface area contributed by atoms with Crippen LogP contribution in [0.25, 0.3) is 0 Å². The van der Waals surface area contributed by atoms with E-state index < -0.39 is 59.6 Å². The first-order valence-corrected chi connectivity index (χ1v) is 13.2. The zero-order chi connectivity index (χ0) is 24.5. The van der Waals surface area contributed by atoms with Crippen molar-refractivity contribution in [2.24, 2.45) is 5.92 Å². The molecule has 1 fully saturated rings. The number of rotatable bonds is 10. The van der Waals surface area contributed by atoms with Crippen LogP contribution in [0.15, 0.2) is 29.7 Å². The van der Waals surface area contributed by atoms with Gasteiger partial charge in [-0.1, -0.05) is 13.0 Å². The molecule has 2 heterocycles. The predicted octanol–water partition coefficient (Wildman–Crippen LogP) is 0.00950. The molecule has 16 nitrogen and oxygen atoms in total. The SMILES string of the molecule is C=C[C@H]1[C@H](n2ccc(N)nc2=O)O[C@](CC)(COP(=O)(O)OP(=O)(O)OP(=O)(O)O)[C@H]1O. The smallest absolute Gasteiger partial charge is 0.389 e. The summed E-state index contributed by atoms with van der Waals surface area (Å²) in [4.78, 5) is 51.8. The molecule has 0 aliphatic carbocycles. The van der Waals surface area contributed by atoms with Crippen LogP contribution in [0.3, 0.4) is 0 Å². The summed E-state index contributed by atoms with van der Waals surface area (Å²) in [6.07, 6.45) is -0.145. The second-order valence-corrected chi connectivity index (χ2v) is 11.0. The van der Waals surface area contributed by atoms with Gasteiger partial charge in [0.1, 0.15) is 17.6 Å². The molecule has 0 spiro atoms. The van der Waals surface area contributed by atoms with E-state index in [1.54, 1.807) is 0 Å². The van der Waals surface area contributed by atoms with Crippen molar-refractivity contribution in [2.75, 3.05) is 12.3 Å². The normalized spacial score (nSPS) is 29.9. The summed E-state index contributed by atoms with van der Waals surface area (Å²) in [6.45, 7) is 4.18. The number of phosphoric ester groups is 1. The number of nitrogens with two attached hydrogens (primary N) is 1. The summed E-state index contributed by atoms with van der Waals surface area (Å²) in [5.74, 6) is -0.989. The Labute approximate surface area is 180 Å². The lowest BCUT2D eigenvalue weighted by atomic mass is 9.88. The standard InChI is InChI=1S/C13H22N3O13P3/c1-3-8-10(17)13(4-2,27-11(8)16-6-5-9(14)15-12(16)18)7-26-31(22,23)29-32(24,25)28-30(19,20)21/h3,5-6,8,10-11,17H,1,4,7H2,2H3,(H,22,23)(H,24,25)(H2,14,15,18)(H2,19,20,21)/t8-,10+,11-,13-/m1/s1. The molecular formula is C13H22N3O13P3. The van der Waals surface area contributed by atoms with Gasteiger partial charge in [-0.05, 0) is 12.5 Å². The average Bonchev–Trinajstić information content (AvgIpc) is 2.89. The largest absolute Gasteiger partial charge is 0.490 e. The summed E-state index contributed by atoms with van der Waals surface area (Å²) in [6, 6.07) is 1.30. The molecule has 182 valence electrons. The van der Waals surface area contributed by atoms with E-state index in [2.05, 4.69) is 24.7 Å². The molecule has 32 heavy (non-hydrogen) atoms. The fourth-order valence-electron chi connectivity index (χ4n) is 3.01. The van der Waals surface area contributed by atoms with Crippen LogP contribution in [-0.2, 0) is 31.6 Å². The number of nitrogens with zero attached hydrogens (tertiary/aromatic N) is 2. The third kappa shape index (κ3) is 6.41. The molecule has 6 atom stereocenters. The number of ether oxygens (including phenoxy) is 1. The van der Waals surface area contributed by atoms with Crippen molar-refractivity contribution in [3.05, 3.63) is 35.4 Å². The van der Waals surface area contributed by atoms with E-state index >= 15 is 0 Å². The first kappa shape index (κ1) is 27.0. The third-order valence-electron chi connectivity index (χ3n) is 4.47. The second-order valence-electron chi connectivity index (χ2n) is 6.59. The van der Waals surface area contributed by atoms with Crippen LogP contribution in [0.2, 0.25) is 0 Å². The van der Waals surface area contributed by atoms with Crippen LogP contribution in [0.4, 0.5) is 5.82 Å². The molecule has 1 aromatic heterocycles. The Kier molecular flexibility index (Phi) is 8.06. The van der Waals surface area contributed by atoms with Crippen molar-refractivity contribution in [3.8, 4) is 0 Å². The van der Waals surface area contributed by atoms with Gasteiger partial charge in [0.15, 0.2) is 0 Å². The number of nitrogen functional groups attached to an aromatic ring is 1. The molecule has 0 saturated carbocycles. The topological polar surface area (TPSA) is 250 Å². The fourth-order valence-corrected chi connectivity index (χ4v) is 6.09. The van der Waals surface area contributed by atoms with Gasteiger partial charge in [-0.15, -0.1) is 6.58 Å². The lowest BCUT2D eigenvalue weighted by molar-refractivity contribution is -0.128. The molecule has 0 bridgehead atoms. The van der Waals surface area contributed by atoms with Crippen LogP contribution in [0.5, 0.6) is 0 Å². The highest BCUT2D eigenvalue weighted by molar-refractivity contribution is 7.66. The van der Waals surface area contributed by atoms with Gasteiger partial charge in [0.05, 0.1) is 18.6 Å². The number of aromatic nitrogens is 2. The number of hydrogen-bond donors (Lipinski definition) is 6. The summed E-state index contributed by atoms with van der Waals surface area (Å²) in [5, 5.41) is 10.8. The highest BCUT2D eigenvalue weighted by Gasteiger charge is 2.55. The van der Waals surface area contributed by atoms with Crippen LogP contribution < -0.4 is 11.4 Å². The van der Waals surface area contributed by atoms with Gasteiger partial charge < -0.3 is 35.2 Å². The van der Waals surface area contributed by atoms with E-state index in [4.69, 9.17) is 20.3 Å². The molecule has 7 N–H and O–H groups in total. The van der Waals surface area contributed by atoms with Crippen molar-refractivity contribution in [2.45, 2.75) is 31.3 Å². The van der Waals surface area contributed by atoms with Crippen molar-refractivity contribution < 1.29 is 56.3 Å². The maximum atomic E-state index is 12.2. The van der Waals surface area contributed by atoms with Crippen molar-refractivity contribution in [3.63, 3.8) is 0 Å². The minimum atomic E-state index is -5.72. The summed E-state index contributed by atoms with van der Waals surface area (Å²) >= 11 is 0. The van der Waals surface area contributed by atoms with Crippen LogP contribution in [-0.4, -0.2) is 52.5 Å². The Morgan fingerprint density at radius 1 is 1.28 bits per heavy atom. The molecule has 0 radical (unpaired) electrons. The van der Waals surface area contributed by atoms with Gasteiger partial charge in [0.25, 0.3) is 0 Å². The highest BCUT2D eigenvalue weighted by Crippen LogP contribution is 2.66. The predicted molar refractivity (Wildman–Crippen MR) is 106 cm³/mol. The van der Waals surface area contributed by atoms with Gasteiger partial charge >= 0.3 is 29.2 Å². The zero-order valence-corrected chi connectivity index (χ0v) is 19.1. The third-order valence-corrected chi connectivity index (χ3v) is 8.26. The first-order valence-electron chi connectivity index (χ1n) is 8.66. The number of anilines is 1. The lowest BCUT2D eigenvalue weighted by Gasteiger charge is -2.31. The van der Waals surface area contributed by atoms with Crippen molar-refractivity contribution >= 4 is 29.3 Å². The fraction of sp³-hybridized carbons (Fsp3) is 0.538. The Morgan fingerprint density at radius 3 is 2.41 bits per heavy atom. The Balaban J connectivity index is 2.26. The molecule has 1 aliphatic rings. The van der Waals surface area contributed by atoms with E-state index in [1.807, 2.05) is 0 Å². The van der Waals surface area contributed by atoms with Crippen molar-refractivity contribution in [1.29, 1.82) is 0 Å². The molecule has 0 aromatic carbocycles. The Hall–Kier alpha value is -1.25. The summed E-state index contributed by atoms with van der Waals surface area (Å²) in [7, 11) is -16.7. The van der Waals surface area contributed by atoms with Crippen LogP contribution in [0, 0.1) is 5.92 Å². The van der Waals surface area contributed by atoms with E-state index in [9.17, 15) is 33.4 Å². The molecule has 2 rings (SSSR count).